The molecule has 1 aliphatic heterocycles. The Morgan fingerprint density at radius 3 is 2.33 bits per heavy atom. The van der Waals surface area contributed by atoms with Crippen molar-refractivity contribution >= 4 is 39.6 Å². The van der Waals surface area contributed by atoms with Crippen molar-refractivity contribution in [1.82, 2.24) is 10.3 Å². The number of halogens is 3. The summed E-state index contributed by atoms with van der Waals surface area (Å²) >= 11 is 6.12. The van der Waals surface area contributed by atoms with E-state index in [0.29, 0.717) is 31.3 Å². The van der Waals surface area contributed by atoms with E-state index in [1.807, 2.05) is 42.5 Å². The van der Waals surface area contributed by atoms with E-state index >= 15 is 0 Å². The fourth-order valence-corrected chi connectivity index (χ4v) is 4.77. The Kier molecular flexibility index (Phi) is 9.16. The molecule has 0 atom stereocenters. The first-order valence-electron chi connectivity index (χ1n) is 13.2. The van der Waals surface area contributed by atoms with Crippen molar-refractivity contribution in [2.75, 3.05) is 44.7 Å². The molecule has 2 N–H and O–H groups in total. The van der Waals surface area contributed by atoms with E-state index in [-0.39, 0.29) is 11.6 Å². The van der Waals surface area contributed by atoms with Crippen LogP contribution in [0.15, 0.2) is 97.2 Å². The van der Waals surface area contributed by atoms with Gasteiger partial charge in [0.05, 0.1) is 5.52 Å². The molecule has 3 aromatic carbocycles. The number of hydrogen-bond donors (Lipinski definition) is 2. The van der Waals surface area contributed by atoms with Crippen LogP contribution in [-0.4, -0.2) is 54.7 Å². The molecule has 0 unspecified atom stereocenters. The van der Waals surface area contributed by atoms with E-state index < -0.39 is 0 Å². The summed E-state index contributed by atoms with van der Waals surface area (Å²) < 4.78 is 35.0. The van der Waals surface area contributed by atoms with Gasteiger partial charge in [-0.1, -0.05) is 29.8 Å². The van der Waals surface area contributed by atoms with Gasteiger partial charge < -0.3 is 15.4 Å². The van der Waals surface area contributed by atoms with Gasteiger partial charge in [0, 0.05) is 52.7 Å². The highest BCUT2D eigenvalue weighted by molar-refractivity contribution is 6.31. The number of nitrogens with zero attached hydrogens (tertiary/aromatic N) is 2. The lowest BCUT2D eigenvalue weighted by atomic mass is 10.1. The molecule has 204 valence electrons. The SMILES string of the molecule is Fc1ccc(C(/C=C/C=C(/NCCNc2ccnc3cc(Cl)ccc23)c2ccc(F)cc2)=[N+]2CCOCC2)cc1. The number of ether oxygens (including phenoxy) is 1. The summed E-state index contributed by atoms with van der Waals surface area (Å²) in [6, 6.07) is 20.5. The third-order valence-corrected chi connectivity index (χ3v) is 6.86. The van der Waals surface area contributed by atoms with Gasteiger partial charge in [0.25, 0.3) is 0 Å². The molecule has 1 fully saturated rings. The Morgan fingerprint density at radius 1 is 0.900 bits per heavy atom. The number of hydrogen-bond acceptors (Lipinski definition) is 4. The predicted molar refractivity (Wildman–Crippen MR) is 158 cm³/mol. The molecule has 0 aliphatic carbocycles. The fraction of sp³-hybridized carbons (Fsp3) is 0.188. The number of benzene rings is 3. The smallest absolute Gasteiger partial charge is 0.207 e. The van der Waals surface area contributed by atoms with Crippen LogP contribution in [0, 0.1) is 11.6 Å². The number of nitrogens with one attached hydrogen (secondary N) is 2. The number of pyridine rings is 1. The lowest BCUT2D eigenvalue weighted by molar-refractivity contribution is -0.548. The standard InChI is InChI=1S/C32H29ClF2N4O/c33-25-8-13-28-30(14-15-36-31(28)22-25)38-17-16-37-29(23-4-9-26(34)10-5-23)2-1-3-32(39-18-20-40-21-19-39)24-6-11-27(35)12-7-24/h1-15,22H,16-21H2,(H,36,38)/p+1. The molecule has 0 saturated carbocycles. The highest BCUT2D eigenvalue weighted by Gasteiger charge is 2.18. The maximum atomic E-state index is 13.7. The largest absolute Gasteiger partial charge is 0.383 e. The van der Waals surface area contributed by atoms with Gasteiger partial charge in [-0.15, -0.1) is 0 Å². The van der Waals surface area contributed by atoms with Crippen LogP contribution in [-0.2, 0) is 4.74 Å². The van der Waals surface area contributed by atoms with Crippen LogP contribution >= 0.6 is 11.6 Å². The average Bonchev–Trinajstić information content (AvgIpc) is 2.98. The maximum absolute atomic E-state index is 13.7. The lowest BCUT2D eigenvalue weighted by Gasteiger charge is -2.14. The second kappa shape index (κ2) is 13.3. The van der Waals surface area contributed by atoms with E-state index in [4.69, 9.17) is 16.3 Å². The summed E-state index contributed by atoms with van der Waals surface area (Å²) in [5, 5.41) is 8.59. The normalized spacial score (nSPS) is 14.1. The Bertz CT molecular complexity index is 1540. The van der Waals surface area contributed by atoms with Gasteiger partial charge in [0.15, 0.2) is 13.1 Å². The molecule has 40 heavy (non-hydrogen) atoms. The molecule has 2 heterocycles. The van der Waals surface area contributed by atoms with Crippen LogP contribution in [0.1, 0.15) is 11.1 Å². The summed E-state index contributed by atoms with van der Waals surface area (Å²) in [4.78, 5) is 4.40. The summed E-state index contributed by atoms with van der Waals surface area (Å²) in [5.41, 5.74) is 5.44. The fourth-order valence-electron chi connectivity index (χ4n) is 4.60. The third-order valence-electron chi connectivity index (χ3n) is 6.62. The molecular formula is C32H30ClF2N4O+. The maximum Gasteiger partial charge on any atom is 0.207 e. The Morgan fingerprint density at radius 2 is 1.60 bits per heavy atom. The van der Waals surface area contributed by atoms with Crippen LogP contribution < -0.4 is 10.6 Å². The summed E-state index contributed by atoms with van der Waals surface area (Å²) in [7, 11) is 0. The van der Waals surface area contributed by atoms with E-state index in [1.165, 1.54) is 24.3 Å². The van der Waals surface area contributed by atoms with Crippen molar-refractivity contribution in [3.05, 3.63) is 125 Å². The van der Waals surface area contributed by atoms with Gasteiger partial charge in [-0.2, -0.15) is 0 Å². The molecule has 5 nitrogen and oxygen atoms in total. The first-order valence-corrected chi connectivity index (χ1v) is 13.6. The van der Waals surface area contributed by atoms with Crippen LogP contribution in [0.5, 0.6) is 0 Å². The molecule has 0 spiro atoms. The van der Waals surface area contributed by atoms with Crippen LogP contribution in [0.4, 0.5) is 14.5 Å². The predicted octanol–water partition coefficient (Wildman–Crippen LogP) is 6.30. The quantitative estimate of drug-likeness (QED) is 0.144. The molecule has 5 rings (SSSR count). The minimum Gasteiger partial charge on any atom is -0.383 e. The van der Waals surface area contributed by atoms with Crippen molar-refractivity contribution in [2.24, 2.45) is 0 Å². The van der Waals surface area contributed by atoms with Crippen molar-refractivity contribution in [2.45, 2.75) is 0 Å². The van der Waals surface area contributed by atoms with Gasteiger partial charge >= 0.3 is 0 Å². The number of morpholine rings is 1. The second-order valence-electron chi connectivity index (χ2n) is 9.31. The van der Waals surface area contributed by atoms with Gasteiger partial charge in [0.1, 0.15) is 24.8 Å². The molecule has 1 aromatic heterocycles. The molecule has 0 radical (unpaired) electrons. The van der Waals surface area contributed by atoms with E-state index in [1.54, 1.807) is 30.5 Å². The zero-order valence-corrected chi connectivity index (χ0v) is 22.7. The molecule has 8 heteroatoms. The molecule has 4 aromatic rings. The van der Waals surface area contributed by atoms with Gasteiger partial charge in [-0.3, -0.25) is 4.98 Å². The number of anilines is 1. The van der Waals surface area contributed by atoms with Crippen molar-refractivity contribution < 1.29 is 18.1 Å². The molecule has 0 amide bonds. The van der Waals surface area contributed by atoms with E-state index in [0.717, 1.165) is 52.2 Å². The zero-order valence-electron chi connectivity index (χ0n) is 21.9. The number of allylic oxidation sites excluding steroid dienone is 3. The molecule has 1 saturated heterocycles. The molecular weight excluding hydrogens is 530 g/mol. The highest BCUT2D eigenvalue weighted by Crippen LogP contribution is 2.24. The first kappa shape index (κ1) is 27.5. The van der Waals surface area contributed by atoms with Crippen molar-refractivity contribution in [3.63, 3.8) is 0 Å². The Labute approximate surface area is 237 Å². The summed E-state index contributed by atoms with van der Waals surface area (Å²) in [5.74, 6) is -0.557. The number of aromatic nitrogens is 1. The van der Waals surface area contributed by atoms with Crippen LogP contribution in [0.3, 0.4) is 0 Å². The first-order chi connectivity index (χ1) is 19.6. The Balaban J connectivity index is 1.34. The van der Waals surface area contributed by atoms with Crippen LogP contribution in [0.2, 0.25) is 5.02 Å². The van der Waals surface area contributed by atoms with Crippen LogP contribution in [0.25, 0.3) is 16.6 Å². The minimum absolute atomic E-state index is 0.270. The third kappa shape index (κ3) is 7.11. The van der Waals surface area contributed by atoms with E-state index in [9.17, 15) is 8.78 Å². The van der Waals surface area contributed by atoms with E-state index in [2.05, 4.69) is 20.2 Å². The van der Waals surface area contributed by atoms with Gasteiger partial charge in [-0.05, 0) is 72.3 Å². The molecule has 1 aliphatic rings. The number of rotatable bonds is 9. The second-order valence-corrected chi connectivity index (χ2v) is 9.75. The highest BCUT2D eigenvalue weighted by atomic mass is 35.5. The van der Waals surface area contributed by atoms with Crippen molar-refractivity contribution in [1.29, 1.82) is 0 Å². The van der Waals surface area contributed by atoms with Crippen molar-refractivity contribution in [3.8, 4) is 0 Å². The monoisotopic (exact) mass is 559 g/mol. The minimum atomic E-state index is -0.288. The average molecular weight is 560 g/mol. The Hall–Kier alpha value is -4.07. The summed E-state index contributed by atoms with van der Waals surface area (Å²) in [6.07, 6.45) is 7.72. The topological polar surface area (TPSA) is 49.2 Å². The number of fused-ring (bicyclic) bond motifs is 1. The molecule has 0 bridgehead atoms. The van der Waals surface area contributed by atoms with Gasteiger partial charge in [0.2, 0.25) is 5.71 Å². The summed E-state index contributed by atoms with van der Waals surface area (Å²) in [6.45, 7) is 4.06. The zero-order chi connectivity index (χ0) is 27.7. The lowest BCUT2D eigenvalue weighted by Crippen LogP contribution is -2.33. The van der Waals surface area contributed by atoms with Gasteiger partial charge in [-0.25, -0.2) is 13.4 Å².